The zero-order chi connectivity index (χ0) is 13.4. The summed E-state index contributed by atoms with van der Waals surface area (Å²) in [6, 6.07) is 6.12. The monoisotopic (exact) mass is 295 g/mol. The van der Waals surface area contributed by atoms with Crippen LogP contribution in [-0.4, -0.2) is 14.3 Å². The van der Waals surface area contributed by atoms with E-state index in [4.69, 9.17) is 0 Å². The summed E-state index contributed by atoms with van der Waals surface area (Å²) in [5.74, 6) is -0.553. The minimum absolute atomic E-state index is 0.135. The van der Waals surface area contributed by atoms with Gasteiger partial charge < -0.3 is 10.1 Å². The highest BCUT2D eigenvalue weighted by Gasteiger charge is 2.24. The zero-order valence-corrected chi connectivity index (χ0v) is 10.9. The SMILES string of the molecule is O=[N+]([O-])c1c(Sc2ccccc2F)nc2sccn12. The average molecular weight is 295 g/mol. The van der Waals surface area contributed by atoms with Gasteiger partial charge >= 0.3 is 5.82 Å². The van der Waals surface area contributed by atoms with Crippen LogP contribution in [0.25, 0.3) is 4.96 Å². The van der Waals surface area contributed by atoms with Gasteiger partial charge in [-0.15, -0.1) is 0 Å². The Kier molecular flexibility index (Phi) is 2.96. The van der Waals surface area contributed by atoms with Crippen LogP contribution in [0.4, 0.5) is 10.2 Å². The van der Waals surface area contributed by atoms with E-state index in [1.165, 1.54) is 21.8 Å². The predicted molar refractivity (Wildman–Crippen MR) is 70.2 cm³/mol. The summed E-state index contributed by atoms with van der Waals surface area (Å²) in [4.78, 5) is 15.6. The van der Waals surface area contributed by atoms with Crippen molar-refractivity contribution >= 4 is 33.9 Å². The number of nitrogens with zero attached hydrogens (tertiary/aromatic N) is 3. The molecule has 0 fully saturated rings. The van der Waals surface area contributed by atoms with Gasteiger partial charge in [0.15, 0.2) is 0 Å². The molecule has 0 saturated carbocycles. The quantitative estimate of drug-likeness (QED) is 0.547. The van der Waals surface area contributed by atoms with E-state index in [0.717, 1.165) is 11.8 Å². The second-order valence-corrected chi connectivity index (χ2v) is 5.49. The Balaban J connectivity index is 2.10. The van der Waals surface area contributed by atoms with E-state index in [-0.39, 0.29) is 10.8 Å². The molecule has 5 nitrogen and oxygen atoms in total. The largest absolute Gasteiger partial charge is 0.363 e. The third kappa shape index (κ3) is 2.08. The van der Waals surface area contributed by atoms with E-state index in [2.05, 4.69) is 4.98 Å². The molecular weight excluding hydrogens is 289 g/mol. The van der Waals surface area contributed by atoms with E-state index >= 15 is 0 Å². The molecule has 8 heteroatoms. The topological polar surface area (TPSA) is 60.4 Å². The molecule has 0 aliphatic heterocycles. The molecule has 3 aromatic rings. The van der Waals surface area contributed by atoms with Crippen molar-refractivity contribution in [2.45, 2.75) is 9.92 Å². The highest BCUT2D eigenvalue weighted by atomic mass is 32.2. The van der Waals surface area contributed by atoms with Crippen LogP contribution in [0, 0.1) is 15.9 Å². The van der Waals surface area contributed by atoms with Crippen molar-refractivity contribution in [2.24, 2.45) is 0 Å². The maximum atomic E-state index is 13.6. The number of fused-ring (bicyclic) bond motifs is 1. The van der Waals surface area contributed by atoms with Crippen molar-refractivity contribution in [1.29, 1.82) is 0 Å². The Morgan fingerprint density at radius 3 is 2.95 bits per heavy atom. The molecule has 0 radical (unpaired) electrons. The van der Waals surface area contributed by atoms with Crippen LogP contribution in [0.2, 0.25) is 0 Å². The molecule has 0 spiro atoms. The second-order valence-electron chi connectivity index (χ2n) is 3.59. The lowest BCUT2D eigenvalue weighted by atomic mass is 10.3. The maximum Gasteiger partial charge on any atom is 0.363 e. The van der Waals surface area contributed by atoms with Crippen molar-refractivity contribution < 1.29 is 9.31 Å². The van der Waals surface area contributed by atoms with Crippen LogP contribution in [0.3, 0.4) is 0 Å². The van der Waals surface area contributed by atoms with Crippen molar-refractivity contribution in [3.63, 3.8) is 0 Å². The van der Waals surface area contributed by atoms with Crippen LogP contribution < -0.4 is 0 Å². The predicted octanol–water partition coefficient (Wildman–Crippen LogP) is 3.59. The van der Waals surface area contributed by atoms with Gasteiger partial charge in [0.05, 0.1) is 0 Å². The van der Waals surface area contributed by atoms with Gasteiger partial charge in [0.1, 0.15) is 12.0 Å². The van der Waals surface area contributed by atoms with E-state index in [0.29, 0.717) is 9.86 Å². The maximum absolute atomic E-state index is 13.6. The fourth-order valence-electron chi connectivity index (χ4n) is 1.62. The lowest BCUT2D eigenvalue weighted by molar-refractivity contribution is -0.393. The van der Waals surface area contributed by atoms with Gasteiger partial charge in [0.25, 0.3) is 4.96 Å². The Hall–Kier alpha value is -1.93. The summed E-state index contributed by atoms with van der Waals surface area (Å²) in [7, 11) is 0. The van der Waals surface area contributed by atoms with Crippen LogP contribution in [0.15, 0.2) is 45.8 Å². The lowest BCUT2D eigenvalue weighted by Gasteiger charge is -2.00. The number of hydrogen-bond donors (Lipinski definition) is 0. The number of halogens is 1. The summed E-state index contributed by atoms with van der Waals surface area (Å²) in [5.41, 5.74) is 0. The third-order valence-electron chi connectivity index (χ3n) is 2.42. The van der Waals surface area contributed by atoms with Crippen LogP contribution in [-0.2, 0) is 0 Å². The first-order chi connectivity index (χ1) is 9.16. The Morgan fingerprint density at radius 1 is 1.42 bits per heavy atom. The first-order valence-corrected chi connectivity index (χ1v) is 6.89. The Bertz CT molecular complexity index is 768. The van der Waals surface area contributed by atoms with E-state index in [9.17, 15) is 14.5 Å². The van der Waals surface area contributed by atoms with E-state index in [1.54, 1.807) is 29.8 Å². The summed E-state index contributed by atoms with van der Waals surface area (Å²) in [5, 5.41) is 13.0. The van der Waals surface area contributed by atoms with Gasteiger partial charge in [-0.3, -0.25) is 0 Å². The molecule has 96 valence electrons. The number of nitro groups is 1. The Morgan fingerprint density at radius 2 is 2.21 bits per heavy atom. The molecule has 0 unspecified atom stereocenters. The van der Waals surface area contributed by atoms with Crippen molar-refractivity contribution in [2.75, 3.05) is 0 Å². The normalized spacial score (nSPS) is 11.0. The number of rotatable bonds is 3. The lowest BCUT2D eigenvalue weighted by Crippen LogP contribution is -1.93. The van der Waals surface area contributed by atoms with Gasteiger partial charge in [0, 0.05) is 10.3 Å². The van der Waals surface area contributed by atoms with Crippen LogP contribution in [0.1, 0.15) is 0 Å². The molecule has 1 aromatic carbocycles. The summed E-state index contributed by atoms with van der Waals surface area (Å²) in [6.07, 6.45) is 1.58. The number of benzene rings is 1. The van der Waals surface area contributed by atoms with Crippen molar-refractivity contribution in [3.8, 4) is 0 Å². The molecule has 0 aliphatic carbocycles. The van der Waals surface area contributed by atoms with Gasteiger partial charge in [-0.25, -0.2) is 4.39 Å². The minimum Gasteiger partial charge on any atom is -0.358 e. The average Bonchev–Trinajstić information content (AvgIpc) is 2.91. The number of thiazole rings is 1. The molecule has 0 amide bonds. The number of imidazole rings is 1. The standard InChI is InChI=1S/C11H6FN3O2S2/c12-7-3-1-2-4-8(7)19-9-10(15(16)17)14-5-6-18-11(14)13-9/h1-6H. The molecule has 2 heterocycles. The summed E-state index contributed by atoms with van der Waals surface area (Å²) >= 11 is 2.25. The van der Waals surface area contributed by atoms with Crippen LogP contribution in [0.5, 0.6) is 0 Å². The fraction of sp³-hybridized carbons (Fsp3) is 0. The first kappa shape index (κ1) is 12.1. The van der Waals surface area contributed by atoms with E-state index < -0.39 is 10.7 Å². The Labute approximate surface area is 114 Å². The molecule has 3 rings (SSSR count). The molecule has 0 saturated heterocycles. The van der Waals surface area contributed by atoms with Crippen molar-refractivity contribution in [3.05, 3.63) is 51.8 Å². The fourth-order valence-corrected chi connectivity index (χ4v) is 3.30. The summed E-state index contributed by atoms with van der Waals surface area (Å²) < 4.78 is 15.0. The number of hydrogen-bond acceptors (Lipinski definition) is 5. The second kappa shape index (κ2) is 4.63. The summed E-state index contributed by atoms with van der Waals surface area (Å²) in [6.45, 7) is 0. The van der Waals surface area contributed by atoms with Crippen molar-refractivity contribution in [1.82, 2.24) is 9.38 Å². The smallest absolute Gasteiger partial charge is 0.358 e. The zero-order valence-electron chi connectivity index (χ0n) is 9.32. The molecule has 0 N–H and O–H groups in total. The molecule has 19 heavy (non-hydrogen) atoms. The van der Waals surface area contributed by atoms with Gasteiger partial charge in [-0.05, 0) is 17.1 Å². The first-order valence-electron chi connectivity index (χ1n) is 5.19. The van der Waals surface area contributed by atoms with Gasteiger partial charge in [0.2, 0.25) is 5.03 Å². The van der Waals surface area contributed by atoms with Gasteiger partial charge in [-0.1, -0.05) is 35.2 Å². The highest BCUT2D eigenvalue weighted by molar-refractivity contribution is 7.99. The van der Waals surface area contributed by atoms with Crippen LogP contribution >= 0.6 is 23.1 Å². The van der Waals surface area contributed by atoms with Gasteiger partial charge in [-0.2, -0.15) is 9.38 Å². The molecule has 0 atom stereocenters. The number of aromatic nitrogens is 2. The van der Waals surface area contributed by atoms with E-state index in [1.807, 2.05) is 0 Å². The third-order valence-corrected chi connectivity index (χ3v) is 4.20. The molecular formula is C11H6FN3O2S2. The molecule has 0 aliphatic rings. The minimum atomic E-state index is -0.504. The molecule has 0 bridgehead atoms. The highest BCUT2D eigenvalue weighted by Crippen LogP contribution is 2.36. The molecule has 2 aromatic heterocycles.